The van der Waals surface area contributed by atoms with Gasteiger partial charge in [0, 0.05) is 55.1 Å². The van der Waals surface area contributed by atoms with Gasteiger partial charge in [-0.2, -0.15) is 0 Å². The van der Waals surface area contributed by atoms with E-state index in [0.29, 0.717) is 56.1 Å². The Balaban J connectivity index is 1.16. The highest BCUT2D eigenvalue weighted by molar-refractivity contribution is 5.90. The summed E-state index contributed by atoms with van der Waals surface area (Å²) in [5, 5.41) is 74.7. The summed E-state index contributed by atoms with van der Waals surface area (Å²) in [5.41, 5.74) is -9.44. The van der Waals surface area contributed by atoms with Gasteiger partial charge in [-0.25, -0.2) is 4.79 Å². The predicted molar refractivity (Wildman–Crippen MR) is 169 cm³/mol. The molecule has 0 radical (unpaired) electrons. The monoisotopic (exact) mass is 673 g/mol. The van der Waals surface area contributed by atoms with Gasteiger partial charge in [0.2, 0.25) is 5.79 Å². The second-order valence-electron chi connectivity index (χ2n) is 16.8. The molecule has 12 nitrogen and oxygen atoms in total. The number of rotatable bonds is 4. The number of ether oxygens (including phenoxy) is 4. The lowest BCUT2D eigenvalue weighted by Gasteiger charge is -2.68. The summed E-state index contributed by atoms with van der Waals surface area (Å²) in [6.45, 7) is 6.57. The van der Waals surface area contributed by atoms with Crippen molar-refractivity contribution in [3.63, 3.8) is 0 Å². The predicted octanol–water partition coefficient (Wildman–Crippen LogP) is 1.36. The van der Waals surface area contributed by atoms with Crippen molar-refractivity contribution in [2.24, 2.45) is 29.1 Å². The Morgan fingerprint density at radius 1 is 0.896 bits per heavy atom. The number of benzene rings is 1. The van der Waals surface area contributed by atoms with Gasteiger partial charge in [0.05, 0.1) is 31.5 Å². The van der Waals surface area contributed by atoms with Gasteiger partial charge >= 0.3 is 5.97 Å². The van der Waals surface area contributed by atoms with Crippen molar-refractivity contribution in [1.82, 2.24) is 4.90 Å². The van der Waals surface area contributed by atoms with Gasteiger partial charge in [0.25, 0.3) is 0 Å². The first-order valence-corrected chi connectivity index (χ1v) is 17.6. The van der Waals surface area contributed by atoms with Gasteiger partial charge in [-0.1, -0.05) is 13.8 Å². The molecule has 1 aromatic rings. The normalized spacial score (nSPS) is 53.6. The number of nitrogens with zero attached hydrogens (tertiary/aromatic N) is 1. The van der Waals surface area contributed by atoms with Crippen LogP contribution >= 0.6 is 0 Å². The topological polar surface area (TPSA) is 179 Å². The van der Waals surface area contributed by atoms with Crippen molar-refractivity contribution in [3.8, 4) is 11.5 Å². The summed E-state index contributed by atoms with van der Waals surface area (Å²) < 4.78 is 23.5. The molecule has 1 spiro atoms. The molecular weight excluding hydrogens is 622 g/mol. The molecule has 3 heterocycles. The van der Waals surface area contributed by atoms with E-state index in [1.54, 1.807) is 19.1 Å². The Hall–Kier alpha value is -2.03. The van der Waals surface area contributed by atoms with E-state index < -0.39 is 81.2 Å². The zero-order valence-electron chi connectivity index (χ0n) is 28.5. The molecule has 4 bridgehead atoms. The van der Waals surface area contributed by atoms with Crippen LogP contribution in [0.25, 0.3) is 0 Å². The van der Waals surface area contributed by atoms with E-state index >= 15 is 0 Å². The highest BCUT2D eigenvalue weighted by atomic mass is 16.7. The molecule has 1 unspecified atom stereocenters. The number of aliphatic hydroxyl groups excluding tert-OH is 1. The van der Waals surface area contributed by atoms with Gasteiger partial charge in [-0.15, -0.1) is 0 Å². The number of carbonyl (C=O) groups is 1. The molecule has 4 saturated carbocycles. The average Bonchev–Trinajstić information content (AvgIpc) is 3.21. The Morgan fingerprint density at radius 3 is 2.31 bits per heavy atom. The second-order valence-corrected chi connectivity index (χ2v) is 16.8. The number of fused-ring (bicyclic) bond motifs is 5. The maximum absolute atomic E-state index is 13.5. The summed E-state index contributed by atoms with van der Waals surface area (Å²) in [7, 11) is 2.97. The molecule has 12 heteroatoms. The minimum absolute atomic E-state index is 0.101. The quantitative estimate of drug-likeness (QED) is 0.253. The van der Waals surface area contributed by atoms with Crippen molar-refractivity contribution in [3.05, 3.63) is 23.8 Å². The van der Waals surface area contributed by atoms with E-state index in [1.165, 1.54) is 20.3 Å². The first kappa shape index (κ1) is 33.1. The fourth-order valence-electron chi connectivity index (χ4n) is 12.6. The van der Waals surface area contributed by atoms with Crippen LogP contribution in [0.5, 0.6) is 11.5 Å². The van der Waals surface area contributed by atoms with Crippen molar-refractivity contribution in [1.29, 1.82) is 0 Å². The summed E-state index contributed by atoms with van der Waals surface area (Å²) >= 11 is 0. The molecule has 3 aliphatic heterocycles. The molecular formula is C36H51NO11. The first-order chi connectivity index (χ1) is 22.5. The van der Waals surface area contributed by atoms with Crippen LogP contribution in [0.3, 0.4) is 0 Å². The van der Waals surface area contributed by atoms with Crippen LogP contribution < -0.4 is 9.47 Å². The molecule has 7 fully saturated rings. The smallest absolute Gasteiger partial charge is 0.338 e. The van der Waals surface area contributed by atoms with E-state index in [-0.39, 0.29) is 24.9 Å². The number of hydrogen-bond donors (Lipinski definition) is 6. The summed E-state index contributed by atoms with van der Waals surface area (Å²) in [6.07, 6.45) is 0.172. The van der Waals surface area contributed by atoms with Crippen LogP contribution in [0.1, 0.15) is 82.5 Å². The van der Waals surface area contributed by atoms with Crippen LogP contribution in [0.4, 0.5) is 0 Å². The van der Waals surface area contributed by atoms with Gasteiger partial charge in [0.15, 0.2) is 17.6 Å². The molecule has 0 aromatic heterocycles. The lowest BCUT2D eigenvalue weighted by molar-refractivity contribution is -0.354. The number of carbonyl (C=O) groups excluding carboxylic acids is 1. The Bertz CT molecular complexity index is 1520. The molecule has 4 aliphatic carbocycles. The second kappa shape index (κ2) is 10.1. The third-order valence-electron chi connectivity index (χ3n) is 14.9. The highest BCUT2D eigenvalue weighted by Gasteiger charge is 2.88. The van der Waals surface area contributed by atoms with Crippen LogP contribution in [-0.4, -0.2) is 121 Å². The number of aliphatic hydroxyl groups is 6. The summed E-state index contributed by atoms with van der Waals surface area (Å²) in [5.74, 6) is -3.63. The van der Waals surface area contributed by atoms with E-state index in [9.17, 15) is 35.4 Å². The lowest BCUT2D eigenvalue weighted by atomic mass is 9.49. The molecule has 7 aliphatic rings. The summed E-state index contributed by atoms with van der Waals surface area (Å²) in [4.78, 5) is 15.6. The maximum atomic E-state index is 13.5. The van der Waals surface area contributed by atoms with Gasteiger partial charge in [0.1, 0.15) is 22.4 Å². The SMILES string of the molecule is COc1ccc(C(=O)O[C@H]2CC[C@@]3(C)[C@@H]4CC[C@H]5[C@]6(O)C[C@H](O)[C@@]7(O)[C@@H](CN8C[C@@H](C)CC[C@H]8[C@@]7(C)O)[C@]6(O)C[C@@]53OC24O)cc1OC. The third-order valence-corrected chi connectivity index (χ3v) is 14.9. The van der Waals surface area contributed by atoms with Crippen molar-refractivity contribution in [2.45, 2.75) is 124 Å². The number of methoxy groups -OCH3 is 2. The molecule has 6 N–H and O–H groups in total. The van der Waals surface area contributed by atoms with Crippen LogP contribution in [0.2, 0.25) is 0 Å². The van der Waals surface area contributed by atoms with Crippen LogP contribution in [-0.2, 0) is 9.47 Å². The zero-order chi connectivity index (χ0) is 34.4. The number of esters is 1. The number of hydrogen-bond acceptors (Lipinski definition) is 12. The molecule has 8 rings (SSSR count). The molecule has 14 atom stereocenters. The highest BCUT2D eigenvalue weighted by Crippen LogP contribution is 2.78. The average molecular weight is 674 g/mol. The van der Waals surface area contributed by atoms with E-state index in [0.717, 1.165) is 6.42 Å². The van der Waals surface area contributed by atoms with Crippen molar-refractivity contribution >= 4 is 5.97 Å². The fourth-order valence-corrected chi connectivity index (χ4v) is 12.6. The molecule has 1 aromatic carbocycles. The van der Waals surface area contributed by atoms with Crippen molar-refractivity contribution in [2.75, 3.05) is 27.3 Å². The van der Waals surface area contributed by atoms with Gasteiger partial charge < -0.3 is 49.6 Å². The van der Waals surface area contributed by atoms with Crippen LogP contribution in [0.15, 0.2) is 18.2 Å². The lowest BCUT2D eigenvalue weighted by Crippen LogP contribution is -2.85. The third kappa shape index (κ3) is 3.66. The minimum Gasteiger partial charge on any atom is -0.493 e. The largest absolute Gasteiger partial charge is 0.493 e. The Morgan fingerprint density at radius 2 is 1.60 bits per heavy atom. The van der Waals surface area contributed by atoms with E-state index in [2.05, 4.69) is 11.8 Å². The molecule has 3 saturated heterocycles. The first-order valence-electron chi connectivity index (χ1n) is 17.6. The molecule has 48 heavy (non-hydrogen) atoms. The van der Waals surface area contributed by atoms with Crippen molar-refractivity contribution < 1.29 is 54.4 Å². The van der Waals surface area contributed by atoms with E-state index in [1.807, 2.05) is 6.92 Å². The summed E-state index contributed by atoms with van der Waals surface area (Å²) in [6, 6.07) is 4.28. The number of piperidine rings is 2. The minimum atomic E-state index is -2.10. The van der Waals surface area contributed by atoms with Gasteiger partial charge in [-0.05, 0) is 69.6 Å². The Kier molecular flexibility index (Phi) is 6.94. The van der Waals surface area contributed by atoms with Gasteiger partial charge in [-0.3, -0.25) is 4.90 Å². The molecule has 266 valence electrons. The Labute approximate surface area is 280 Å². The fraction of sp³-hybridized carbons (Fsp3) is 0.806. The maximum Gasteiger partial charge on any atom is 0.338 e. The van der Waals surface area contributed by atoms with Crippen LogP contribution in [0, 0.1) is 29.1 Å². The zero-order valence-corrected chi connectivity index (χ0v) is 28.5. The van der Waals surface area contributed by atoms with E-state index in [4.69, 9.17) is 18.9 Å². The standard InChI is InChI=1S/C36H51NO11/c1-19-6-11-26-31(3,40)35(43)25(17-37(26)16-19)33(42)18-34-24(32(33,41)15-27(35)38)10-9-23-30(34,2)13-12-28(36(23,44)48-34)47-29(39)20-7-8-21(45-4)22(14-20)46-5/h7-8,14,19,23-28,38,40-44H,6,9-13,15-18H2,1-5H3/t19-,23-,24-,25-,26-,27-,28-,30-,31+,32+,33+,34+,35-,36?/m0/s1. The molecule has 0 amide bonds.